The third-order valence-corrected chi connectivity index (χ3v) is 5.90. The summed E-state index contributed by atoms with van der Waals surface area (Å²) in [4.78, 5) is 10.0. The van der Waals surface area contributed by atoms with Gasteiger partial charge < -0.3 is 4.90 Å². The number of hydrogen-bond donors (Lipinski definition) is 0. The van der Waals surface area contributed by atoms with Crippen LogP contribution < -0.4 is 4.90 Å². The minimum atomic E-state index is 0.636. The largest absolute Gasteiger partial charge is 0.351 e. The van der Waals surface area contributed by atoms with Crippen LogP contribution in [0.15, 0.2) is 42.6 Å². The van der Waals surface area contributed by atoms with E-state index in [2.05, 4.69) is 46.2 Å². The monoisotopic (exact) mass is 319 g/mol. The minimum absolute atomic E-state index is 0.636. The molecule has 0 bridgehead atoms. The van der Waals surface area contributed by atoms with Crippen molar-refractivity contribution in [2.75, 3.05) is 24.5 Å². The molecule has 1 saturated carbocycles. The zero-order valence-electron chi connectivity index (χ0n) is 14.2. The molecule has 3 heteroatoms. The Kier molecular flexibility index (Phi) is 3.55. The number of rotatable bonds is 3. The standard InChI is InChI=1S/C21H25N3/c1-2-4-16(5-3-1)14-23-12-13-24-18(15-23)8-9-20-19(17-6-7-17)10-11-22-21(20)24/h1-5,10-11,17-18H,6-9,12-15H2/t18-/m1/s1. The van der Waals surface area contributed by atoms with Crippen LogP contribution in [0, 0.1) is 0 Å². The highest BCUT2D eigenvalue weighted by atomic mass is 15.3. The van der Waals surface area contributed by atoms with Crippen LogP contribution in [-0.4, -0.2) is 35.6 Å². The van der Waals surface area contributed by atoms with Gasteiger partial charge in [-0.1, -0.05) is 30.3 Å². The summed E-state index contributed by atoms with van der Waals surface area (Å²) in [5.74, 6) is 2.13. The summed E-state index contributed by atoms with van der Waals surface area (Å²) in [6.07, 6.45) is 7.31. The maximum atomic E-state index is 4.79. The van der Waals surface area contributed by atoms with Crippen molar-refractivity contribution in [1.29, 1.82) is 0 Å². The van der Waals surface area contributed by atoms with Crippen molar-refractivity contribution >= 4 is 5.82 Å². The Hall–Kier alpha value is -1.87. The molecule has 0 amide bonds. The maximum absolute atomic E-state index is 4.79. The lowest BCUT2D eigenvalue weighted by molar-refractivity contribution is 0.206. The van der Waals surface area contributed by atoms with Crippen molar-refractivity contribution in [3.05, 3.63) is 59.3 Å². The maximum Gasteiger partial charge on any atom is 0.132 e. The van der Waals surface area contributed by atoms with Gasteiger partial charge in [-0.3, -0.25) is 4.90 Å². The highest BCUT2D eigenvalue weighted by Crippen LogP contribution is 2.45. The fraction of sp³-hybridized carbons (Fsp3) is 0.476. The van der Waals surface area contributed by atoms with Gasteiger partial charge in [-0.2, -0.15) is 0 Å². The van der Waals surface area contributed by atoms with Gasteiger partial charge in [0.05, 0.1) is 0 Å². The van der Waals surface area contributed by atoms with E-state index >= 15 is 0 Å². The second-order valence-corrected chi connectivity index (χ2v) is 7.58. The van der Waals surface area contributed by atoms with Gasteiger partial charge >= 0.3 is 0 Å². The van der Waals surface area contributed by atoms with E-state index in [0.717, 1.165) is 25.6 Å². The van der Waals surface area contributed by atoms with Gasteiger partial charge in [-0.25, -0.2) is 4.98 Å². The van der Waals surface area contributed by atoms with Crippen LogP contribution in [0.1, 0.15) is 41.9 Å². The third-order valence-electron chi connectivity index (χ3n) is 5.90. The Labute approximate surface area is 144 Å². The number of benzene rings is 1. The third kappa shape index (κ3) is 2.61. The van der Waals surface area contributed by atoms with Crippen LogP contribution in [0.2, 0.25) is 0 Å². The lowest BCUT2D eigenvalue weighted by Gasteiger charge is -2.45. The Morgan fingerprint density at radius 2 is 1.88 bits per heavy atom. The molecule has 5 rings (SSSR count). The molecule has 24 heavy (non-hydrogen) atoms. The first kappa shape index (κ1) is 14.5. The van der Waals surface area contributed by atoms with E-state index in [9.17, 15) is 0 Å². The SMILES string of the molecule is c1ccc(CN2CCN3c4nccc(C5CC5)c4CC[C@@H]3C2)cc1. The Morgan fingerprint density at radius 3 is 2.71 bits per heavy atom. The summed E-state index contributed by atoms with van der Waals surface area (Å²) in [5, 5.41) is 0. The molecule has 2 fully saturated rings. The average Bonchev–Trinajstić information content (AvgIpc) is 3.47. The Morgan fingerprint density at radius 1 is 1.00 bits per heavy atom. The van der Waals surface area contributed by atoms with Gasteiger partial charge in [0.25, 0.3) is 0 Å². The van der Waals surface area contributed by atoms with E-state index in [-0.39, 0.29) is 0 Å². The van der Waals surface area contributed by atoms with E-state index in [1.165, 1.54) is 43.6 Å². The van der Waals surface area contributed by atoms with Gasteiger partial charge in [0.2, 0.25) is 0 Å². The summed E-state index contributed by atoms with van der Waals surface area (Å²) in [6.45, 7) is 4.50. The molecule has 0 radical (unpaired) electrons. The average molecular weight is 319 g/mol. The number of fused-ring (bicyclic) bond motifs is 3. The van der Waals surface area contributed by atoms with Crippen LogP contribution >= 0.6 is 0 Å². The van der Waals surface area contributed by atoms with Crippen molar-refractivity contribution in [2.45, 2.75) is 44.2 Å². The molecular weight excluding hydrogens is 294 g/mol. The van der Waals surface area contributed by atoms with Crippen LogP contribution in [0.25, 0.3) is 0 Å². The van der Waals surface area contributed by atoms with E-state index < -0.39 is 0 Å². The fourth-order valence-corrected chi connectivity index (χ4v) is 4.52. The number of nitrogens with zero attached hydrogens (tertiary/aromatic N) is 3. The molecule has 3 heterocycles. The second-order valence-electron chi connectivity index (χ2n) is 7.58. The van der Waals surface area contributed by atoms with E-state index in [4.69, 9.17) is 4.98 Å². The quantitative estimate of drug-likeness (QED) is 0.862. The molecule has 1 atom stereocenters. The second kappa shape index (κ2) is 5.89. The fourth-order valence-electron chi connectivity index (χ4n) is 4.52. The van der Waals surface area contributed by atoms with Gasteiger partial charge in [0, 0.05) is 38.4 Å². The molecule has 2 aromatic rings. The van der Waals surface area contributed by atoms with Crippen molar-refractivity contribution < 1.29 is 0 Å². The zero-order chi connectivity index (χ0) is 15.9. The van der Waals surface area contributed by atoms with Crippen LogP contribution in [-0.2, 0) is 13.0 Å². The van der Waals surface area contributed by atoms with E-state index in [0.29, 0.717) is 6.04 Å². The molecule has 0 spiro atoms. The number of aromatic nitrogens is 1. The van der Waals surface area contributed by atoms with E-state index in [1.807, 2.05) is 6.20 Å². The minimum Gasteiger partial charge on any atom is -0.351 e. The number of hydrogen-bond acceptors (Lipinski definition) is 3. The van der Waals surface area contributed by atoms with Gasteiger partial charge in [-0.15, -0.1) is 0 Å². The van der Waals surface area contributed by atoms with Crippen LogP contribution in [0.4, 0.5) is 5.82 Å². The summed E-state index contributed by atoms with van der Waals surface area (Å²) in [5.41, 5.74) is 4.59. The molecule has 2 aliphatic heterocycles. The summed E-state index contributed by atoms with van der Waals surface area (Å²) >= 11 is 0. The first-order valence-electron chi connectivity index (χ1n) is 9.39. The molecule has 0 N–H and O–H groups in total. The molecule has 1 saturated heterocycles. The molecule has 3 nitrogen and oxygen atoms in total. The lowest BCUT2D eigenvalue weighted by Crippen LogP contribution is -2.55. The van der Waals surface area contributed by atoms with Crippen molar-refractivity contribution in [3.63, 3.8) is 0 Å². The highest BCUT2D eigenvalue weighted by Gasteiger charge is 2.35. The number of pyridine rings is 1. The molecule has 1 aromatic heterocycles. The number of anilines is 1. The lowest BCUT2D eigenvalue weighted by atomic mass is 9.91. The molecule has 3 aliphatic rings. The van der Waals surface area contributed by atoms with Crippen molar-refractivity contribution in [3.8, 4) is 0 Å². The summed E-state index contributed by atoms with van der Waals surface area (Å²) in [6, 6.07) is 13.8. The molecule has 124 valence electrons. The smallest absolute Gasteiger partial charge is 0.132 e. The van der Waals surface area contributed by atoms with E-state index in [1.54, 1.807) is 11.1 Å². The van der Waals surface area contributed by atoms with Crippen molar-refractivity contribution in [1.82, 2.24) is 9.88 Å². The molecular formula is C21H25N3. The Balaban J connectivity index is 1.34. The topological polar surface area (TPSA) is 19.4 Å². The first-order chi connectivity index (χ1) is 11.9. The van der Waals surface area contributed by atoms with Crippen molar-refractivity contribution in [2.24, 2.45) is 0 Å². The van der Waals surface area contributed by atoms with Gasteiger partial charge in [0.15, 0.2) is 0 Å². The van der Waals surface area contributed by atoms with Gasteiger partial charge in [-0.05, 0) is 54.4 Å². The molecule has 1 aliphatic carbocycles. The van der Waals surface area contributed by atoms with Crippen LogP contribution in [0.5, 0.6) is 0 Å². The highest BCUT2D eigenvalue weighted by molar-refractivity contribution is 5.55. The predicted molar refractivity (Wildman–Crippen MR) is 97.4 cm³/mol. The van der Waals surface area contributed by atoms with Crippen LogP contribution in [0.3, 0.4) is 0 Å². The first-order valence-corrected chi connectivity index (χ1v) is 9.39. The Bertz CT molecular complexity index is 723. The van der Waals surface area contributed by atoms with Gasteiger partial charge in [0.1, 0.15) is 5.82 Å². The molecule has 0 unspecified atom stereocenters. The normalized spacial score (nSPS) is 23.7. The molecule has 1 aromatic carbocycles. The summed E-state index contributed by atoms with van der Waals surface area (Å²) < 4.78 is 0. The summed E-state index contributed by atoms with van der Waals surface area (Å²) in [7, 11) is 0. The number of piperazine rings is 1. The predicted octanol–water partition coefficient (Wildman–Crippen LogP) is 3.60. The zero-order valence-corrected chi connectivity index (χ0v) is 14.2.